The lowest BCUT2D eigenvalue weighted by Crippen LogP contribution is -2.31. The Kier molecular flexibility index (Phi) is 5.95. The number of carbonyl (C=O) groups is 2. The van der Waals surface area contributed by atoms with Crippen molar-refractivity contribution in [3.8, 4) is 0 Å². The number of thiophene rings is 1. The topological polar surface area (TPSA) is 95.6 Å². The highest BCUT2D eigenvalue weighted by Gasteiger charge is 2.32. The van der Waals surface area contributed by atoms with Crippen LogP contribution < -0.4 is 10.6 Å². The van der Waals surface area contributed by atoms with Crippen LogP contribution in [0.15, 0.2) is 40.6 Å². The van der Waals surface area contributed by atoms with Crippen LogP contribution in [0, 0.1) is 5.92 Å². The standard InChI is InChI=1S/C21H25N3O4S2/c1-14(15-6-8-17(9-7-15)23-20(25)16-4-5-16)22-21(26)19-18(10-13-29-19)30(27,28)24-11-2-3-12-24/h6-10,13-14,16H,2-5,11-12H2,1H3,(H,22,26)(H,23,25). The smallest absolute Gasteiger partial charge is 0.263 e. The van der Waals surface area contributed by atoms with Gasteiger partial charge in [0.15, 0.2) is 0 Å². The molecule has 2 N–H and O–H groups in total. The van der Waals surface area contributed by atoms with Gasteiger partial charge < -0.3 is 10.6 Å². The molecule has 2 fully saturated rings. The fourth-order valence-corrected chi connectivity index (χ4v) is 6.35. The molecule has 2 aliphatic rings. The monoisotopic (exact) mass is 447 g/mol. The van der Waals surface area contributed by atoms with Gasteiger partial charge in [0, 0.05) is 24.7 Å². The van der Waals surface area contributed by atoms with Gasteiger partial charge in [-0.05, 0) is 61.7 Å². The average molecular weight is 448 g/mol. The Balaban J connectivity index is 1.43. The Bertz CT molecular complexity index is 1040. The van der Waals surface area contributed by atoms with Crippen molar-refractivity contribution in [3.63, 3.8) is 0 Å². The van der Waals surface area contributed by atoms with Crippen molar-refractivity contribution in [2.24, 2.45) is 5.92 Å². The van der Waals surface area contributed by atoms with E-state index in [1.165, 1.54) is 10.4 Å². The Hall–Kier alpha value is -2.23. The lowest BCUT2D eigenvalue weighted by atomic mass is 10.1. The normalized spacial score (nSPS) is 18.2. The molecule has 0 spiro atoms. The molecule has 1 atom stereocenters. The number of anilines is 1. The SMILES string of the molecule is CC(NC(=O)c1sccc1S(=O)(=O)N1CCCC1)c1ccc(NC(=O)C2CC2)cc1. The van der Waals surface area contributed by atoms with Crippen LogP contribution in [-0.2, 0) is 14.8 Å². The summed E-state index contributed by atoms with van der Waals surface area (Å²) in [6, 6.07) is 8.53. The molecule has 1 aliphatic carbocycles. The number of nitrogens with one attached hydrogen (secondary N) is 2. The van der Waals surface area contributed by atoms with Gasteiger partial charge in [0.25, 0.3) is 5.91 Å². The summed E-state index contributed by atoms with van der Waals surface area (Å²) in [6.45, 7) is 2.84. The molecule has 0 bridgehead atoms. The zero-order chi connectivity index (χ0) is 21.3. The van der Waals surface area contributed by atoms with Crippen LogP contribution >= 0.6 is 11.3 Å². The first-order chi connectivity index (χ1) is 14.4. The molecule has 9 heteroatoms. The minimum atomic E-state index is -3.65. The minimum absolute atomic E-state index is 0.0496. The molecule has 160 valence electrons. The maximum absolute atomic E-state index is 12.9. The Morgan fingerprint density at radius 2 is 1.77 bits per heavy atom. The number of sulfonamides is 1. The van der Waals surface area contributed by atoms with Gasteiger partial charge in [-0.15, -0.1) is 11.3 Å². The van der Waals surface area contributed by atoms with Crippen molar-refractivity contribution in [1.29, 1.82) is 0 Å². The first kappa shape index (κ1) is 21.0. The zero-order valence-electron chi connectivity index (χ0n) is 16.8. The molecule has 7 nitrogen and oxygen atoms in total. The van der Waals surface area contributed by atoms with Crippen LogP contribution in [0.25, 0.3) is 0 Å². The largest absolute Gasteiger partial charge is 0.345 e. The van der Waals surface area contributed by atoms with Gasteiger partial charge >= 0.3 is 0 Å². The van der Waals surface area contributed by atoms with E-state index < -0.39 is 15.9 Å². The summed E-state index contributed by atoms with van der Waals surface area (Å²) < 4.78 is 27.2. The quantitative estimate of drug-likeness (QED) is 0.680. The summed E-state index contributed by atoms with van der Waals surface area (Å²) in [7, 11) is -3.65. The number of nitrogens with zero attached hydrogens (tertiary/aromatic N) is 1. The lowest BCUT2D eigenvalue weighted by Gasteiger charge is -2.17. The molecule has 1 unspecified atom stereocenters. The van der Waals surface area contributed by atoms with Crippen molar-refractivity contribution >= 4 is 38.9 Å². The average Bonchev–Trinajstić information content (AvgIpc) is 3.20. The highest BCUT2D eigenvalue weighted by atomic mass is 32.2. The fraction of sp³-hybridized carbons (Fsp3) is 0.429. The molecule has 1 aliphatic heterocycles. The maximum atomic E-state index is 12.9. The molecule has 1 aromatic heterocycles. The van der Waals surface area contributed by atoms with E-state index in [1.807, 2.05) is 31.2 Å². The van der Waals surface area contributed by atoms with E-state index in [-0.39, 0.29) is 27.6 Å². The summed E-state index contributed by atoms with van der Waals surface area (Å²) in [4.78, 5) is 25.0. The predicted molar refractivity (Wildman–Crippen MR) is 116 cm³/mol. The van der Waals surface area contributed by atoms with Gasteiger partial charge in [-0.2, -0.15) is 4.31 Å². The molecule has 2 heterocycles. The number of hydrogen-bond donors (Lipinski definition) is 2. The second kappa shape index (κ2) is 8.49. The van der Waals surface area contributed by atoms with E-state index in [2.05, 4.69) is 10.6 Å². The number of benzene rings is 1. The van der Waals surface area contributed by atoms with Gasteiger partial charge in [-0.1, -0.05) is 12.1 Å². The molecular weight excluding hydrogens is 422 g/mol. The van der Waals surface area contributed by atoms with Crippen molar-refractivity contribution in [1.82, 2.24) is 9.62 Å². The van der Waals surface area contributed by atoms with Gasteiger partial charge in [0.1, 0.15) is 9.77 Å². The summed E-state index contributed by atoms with van der Waals surface area (Å²) >= 11 is 1.13. The van der Waals surface area contributed by atoms with Crippen molar-refractivity contribution in [2.45, 2.75) is 43.5 Å². The first-order valence-corrected chi connectivity index (χ1v) is 12.5. The van der Waals surface area contributed by atoms with Crippen LogP contribution in [0.3, 0.4) is 0 Å². The Morgan fingerprint density at radius 3 is 2.40 bits per heavy atom. The third-order valence-corrected chi connectivity index (χ3v) is 8.48. The molecule has 30 heavy (non-hydrogen) atoms. The van der Waals surface area contributed by atoms with Crippen molar-refractivity contribution in [2.75, 3.05) is 18.4 Å². The lowest BCUT2D eigenvalue weighted by molar-refractivity contribution is -0.117. The maximum Gasteiger partial charge on any atom is 0.263 e. The minimum Gasteiger partial charge on any atom is -0.345 e. The van der Waals surface area contributed by atoms with E-state index in [1.54, 1.807) is 5.38 Å². The Morgan fingerprint density at radius 1 is 1.10 bits per heavy atom. The molecule has 1 saturated carbocycles. The summed E-state index contributed by atoms with van der Waals surface area (Å²) in [5.41, 5.74) is 1.60. The third-order valence-electron chi connectivity index (χ3n) is 5.49. The van der Waals surface area contributed by atoms with E-state index in [9.17, 15) is 18.0 Å². The Labute approximate surface area is 180 Å². The molecular formula is C21H25N3O4S2. The zero-order valence-corrected chi connectivity index (χ0v) is 18.4. The van der Waals surface area contributed by atoms with Gasteiger partial charge in [0.2, 0.25) is 15.9 Å². The van der Waals surface area contributed by atoms with E-state index in [4.69, 9.17) is 0 Å². The molecule has 2 amide bonds. The van der Waals surface area contributed by atoms with Gasteiger partial charge in [-0.3, -0.25) is 9.59 Å². The van der Waals surface area contributed by atoms with Crippen molar-refractivity contribution in [3.05, 3.63) is 46.2 Å². The van der Waals surface area contributed by atoms with Crippen molar-refractivity contribution < 1.29 is 18.0 Å². The highest BCUT2D eigenvalue weighted by molar-refractivity contribution is 7.89. The number of hydrogen-bond acceptors (Lipinski definition) is 5. The second-order valence-electron chi connectivity index (χ2n) is 7.81. The second-order valence-corrected chi connectivity index (χ2v) is 10.6. The fourth-order valence-electron chi connectivity index (χ4n) is 3.52. The van der Waals surface area contributed by atoms with Gasteiger partial charge in [0.05, 0.1) is 6.04 Å². The molecule has 1 saturated heterocycles. The van der Waals surface area contributed by atoms with Crippen LogP contribution in [0.4, 0.5) is 5.69 Å². The number of carbonyl (C=O) groups excluding carboxylic acids is 2. The number of rotatable bonds is 7. The molecule has 4 rings (SSSR count). The summed E-state index contributed by atoms with van der Waals surface area (Å²) in [5.74, 6) is -0.213. The van der Waals surface area contributed by atoms with E-state index in [0.717, 1.165) is 48.3 Å². The van der Waals surface area contributed by atoms with E-state index in [0.29, 0.717) is 13.1 Å². The molecule has 0 radical (unpaired) electrons. The molecule has 1 aromatic carbocycles. The van der Waals surface area contributed by atoms with E-state index >= 15 is 0 Å². The van der Waals surface area contributed by atoms with Crippen LogP contribution in [0.5, 0.6) is 0 Å². The first-order valence-electron chi connectivity index (χ1n) is 10.2. The molecule has 2 aromatic rings. The third kappa shape index (κ3) is 4.43. The predicted octanol–water partition coefficient (Wildman–Crippen LogP) is 3.37. The highest BCUT2D eigenvalue weighted by Crippen LogP contribution is 2.31. The van der Waals surface area contributed by atoms with Gasteiger partial charge in [-0.25, -0.2) is 8.42 Å². The van der Waals surface area contributed by atoms with Crippen LogP contribution in [0.1, 0.15) is 53.9 Å². The summed E-state index contributed by atoms with van der Waals surface area (Å²) in [6.07, 6.45) is 3.59. The van der Waals surface area contributed by atoms with Crippen LogP contribution in [-0.4, -0.2) is 37.6 Å². The number of amides is 2. The summed E-state index contributed by atoms with van der Waals surface area (Å²) in [5, 5.41) is 7.42. The van der Waals surface area contributed by atoms with Crippen LogP contribution in [0.2, 0.25) is 0 Å².